The largest absolute Gasteiger partial charge is 0.448 e. The maximum Gasteiger partial charge on any atom is 0.407 e. The van der Waals surface area contributed by atoms with Crippen LogP contribution in [0.5, 0.6) is 0 Å². The van der Waals surface area contributed by atoms with Crippen LogP contribution in [-0.2, 0) is 4.74 Å². The highest BCUT2D eigenvalue weighted by atomic mass is 35.5. The summed E-state index contributed by atoms with van der Waals surface area (Å²) < 4.78 is 4.92. The minimum atomic E-state index is -0.517. The summed E-state index contributed by atoms with van der Waals surface area (Å²) in [5.74, 6) is -0.346. The van der Waals surface area contributed by atoms with E-state index < -0.39 is 6.09 Å². The fourth-order valence-corrected chi connectivity index (χ4v) is 1.36. The smallest absolute Gasteiger partial charge is 0.407 e. The van der Waals surface area contributed by atoms with Gasteiger partial charge in [0.05, 0.1) is 11.6 Å². The first-order valence-corrected chi connectivity index (χ1v) is 6.50. The number of amides is 2. The van der Waals surface area contributed by atoms with Crippen molar-refractivity contribution >= 4 is 23.6 Å². The average Bonchev–Trinajstić information content (AvgIpc) is 2.33. The Morgan fingerprint density at radius 1 is 1.35 bits per heavy atom. The van der Waals surface area contributed by atoms with Crippen LogP contribution in [-0.4, -0.2) is 35.7 Å². The van der Waals surface area contributed by atoms with Crippen LogP contribution in [0.2, 0.25) is 5.02 Å². The molecule has 0 bridgehead atoms. The normalized spacial score (nSPS) is 10.8. The predicted octanol–water partition coefficient (Wildman–Crippen LogP) is 1.99. The van der Waals surface area contributed by atoms with Crippen molar-refractivity contribution in [1.82, 2.24) is 15.6 Å². The Hall–Kier alpha value is -1.82. The predicted molar refractivity (Wildman–Crippen MR) is 75.8 cm³/mol. The Kier molecular flexibility index (Phi) is 5.76. The van der Waals surface area contributed by atoms with Crippen molar-refractivity contribution in [3.63, 3.8) is 0 Å². The Morgan fingerprint density at radius 3 is 2.60 bits per heavy atom. The molecule has 7 heteroatoms. The third kappa shape index (κ3) is 6.38. The maximum absolute atomic E-state index is 11.7. The van der Waals surface area contributed by atoms with Crippen molar-refractivity contribution < 1.29 is 14.3 Å². The molecule has 1 heterocycles. The van der Waals surface area contributed by atoms with E-state index in [-0.39, 0.29) is 30.3 Å². The molecule has 0 saturated carbocycles. The Balaban J connectivity index is 2.26. The number of rotatable bonds is 4. The number of aromatic nitrogens is 1. The molecule has 0 aliphatic rings. The molecule has 2 N–H and O–H groups in total. The van der Waals surface area contributed by atoms with Gasteiger partial charge in [-0.25, -0.2) is 9.78 Å². The first-order valence-electron chi connectivity index (χ1n) is 6.12. The first kappa shape index (κ1) is 16.2. The van der Waals surface area contributed by atoms with Gasteiger partial charge in [0, 0.05) is 11.7 Å². The second-order valence-electron chi connectivity index (χ2n) is 5.13. The molecule has 0 radical (unpaired) electrons. The van der Waals surface area contributed by atoms with Crippen LogP contribution in [0.3, 0.4) is 0 Å². The molecule has 1 aromatic rings. The molecule has 0 unspecified atom stereocenters. The van der Waals surface area contributed by atoms with E-state index in [1.807, 2.05) is 20.8 Å². The van der Waals surface area contributed by atoms with E-state index in [1.54, 1.807) is 6.07 Å². The lowest BCUT2D eigenvalue weighted by Gasteiger charge is -2.19. The highest BCUT2D eigenvalue weighted by Crippen LogP contribution is 2.05. The SMILES string of the molecule is CC(C)(C)NC(=O)OCCNC(=O)c1ccc(Cl)cn1. The van der Waals surface area contributed by atoms with Crippen LogP contribution >= 0.6 is 11.6 Å². The van der Waals surface area contributed by atoms with Gasteiger partial charge in [-0.1, -0.05) is 11.6 Å². The standard InChI is InChI=1S/C13H18ClN3O3/c1-13(2,3)17-12(19)20-7-6-15-11(18)10-5-4-9(14)8-16-10/h4-5,8H,6-7H2,1-3H3,(H,15,18)(H,17,19). The van der Waals surface area contributed by atoms with E-state index in [1.165, 1.54) is 12.3 Å². The molecule has 1 rings (SSSR count). The van der Waals surface area contributed by atoms with Crippen molar-refractivity contribution in [3.05, 3.63) is 29.0 Å². The van der Waals surface area contributed by atoms with Crippen LogP contribution in [0, 0.1) is 0 Å². The zero-order chi connectivity index (χ0) is 15.2. The molecule has 1 aromatic heterocycles. The first-order chi connectivity index (χ1) is 9.28. The number of pyridine rings is 1. The van der Waals surface area contributed by atoms with Gasteiger partial charge in [-0.15, -0.1) is 0 Å². The minimum Gasteiger partial charge on any atom is -0.448 e. The van der Waals surface area contributed by atoms with Crippen LogP contribution in [0.25, 0.3) is 0 Å². The van der Waals surface area contributed by atoms with E-state index in [0.29, 0.717) is 5.02 Å². The summed E-state index contributed by atoms with van der Waals surface area (Å²) in [6, 6.07) is 3.10. The zero-order valence-electron chi connectivity index (χ0n) is 11.7. The fraction of sp³-hybridized carbons (Fsp3) is 0.462. The van der Waals surface area contributed by atoms with E-state index in [9.17, 15) is 9.59 Å². The summed E-state index contributed by atoms with van der Waals surface area (Å²) in [7, 11) is 0. The summed E-state index contributed by atoms with van der Waals surface area (Å²) in [5, 5.41) is 5.69. The van der Waals surface area contributed by atoms with Crippen molar-refractivity contribution in [2.75, 3.05) is 13.2 Å². The number of nitrogens with zero attached hydrogens (tertiary/aromatic N) is 1. The van der Waals surface area contributed by atoms with Gasteiger partial charge in [0.15, 0.2) is 0 Å². The third-order valence-electron chi connectivity index (χ3n) is 2.06. The summed E-state index contributed by atoms with van der Waals surface area (Å²) in [6.07, 6.45) is 0.875. The van der Waals surface area contributed by atoms with Gasteiger partial charge in [0.25, 0.3) is 5.91 Å². The molecule has 0 aromatic carbocycles. The highest BCUT2D eigenvalue weighted by Gasteiger charge is 2.14. The molecule has 0 fully saturated rings. The van der Waals surface area contributed by atoms with Gasteiger partial charge in [0.2, 0.25) is 0 Å². The summed E-state index contributed by atoms with van der Waals surface area (Å²) in [4.78, 5) is 26.9. The van der Waals surface area contributed by atoms with Gasteiger partial charge >= 0.3 is 6.09 Å². The molecule has 0 aliphatic heterocycles. The number of hydrogen-bond acceptors (Lipinski definition) is 4. The molecule has 110 valence electrons. The number of carbonyl (C=O) groups is 2. The molecule has 6 nitrogen and oxygen atoms in total. The fourth-order valence-electron chi connectivity index (χ4n) is 1.25. The zero-order valence-corrected chi connectivity index (χ0v) is 12.5. The van der Waals surface area contributed by atoms with Crippen LogP contribution in [0.15, 0.2) is 18.3 Å². The molecule has 0 atom stereocenters. The van der Waals surface area contributed by atoms with Crippen molar-refractivity contribution in [3.8, 4) is 0 Å². The van der Waals surface area contributed by atoms with Crippen LogP contribution in [0.4, 0.5) is 4.79 Å². The van der Waals surface area contributed by atoms with Gasteiger partial charge < -0.3 is 15.4 Å². The topological polar surface area (TPSA) is 80.3 Å². The van der Waals surface area contributed by atoms with Crippen molar-refractivity contribution in [2.45, 2.75) is 26.3 Å². The monoisotopic (exact) mass is 299 g/mol. The highest BCUT2D eigenvalue weighted by molar-refractivity contribution is 6.30. The number of hydrogen-bond donors (Lipinski definition) is 2. The lowest BCUT2D eigenvalue weighted by molar-refractivity contribution is 0.0926. The number of halogens is 1. The summed E-state index contributed by atoms with van der Waals surface area (Å²) in [6.45, 7) is 5.84. The maximum atomic E-state index is 11.7. The Morgan fingerprint density at radius 2 is 2.05 bits per heavy atom. The summed E-state index contributed by atoms with van der Waals surface area (Å²) in [5.41, 5.74) is -0.0957. The number of carbonyl (C=O) groups excluding carboxylic acids is 2. The minimum absolute atomic E-state index is 0.0846. The second-order valence-corrected chi connectivity index (χ2v) is 5.56. The Bertz CT molecular complexity index is 469. The lowest BCUT2D eigenvalue weighted by atomic mass is 10.1. The Labute approximate surface area is 122 Å². The lowest BCUT2D eigenvalue weighted by Crippen LogP contribution is -2.41. The van der Waals surface area contributed by atoms with Crippen molar-refractivity contribution in [1.29, 1.82) is 0 Å². The third-order valence-corrected chi connectivity index (χ3v) is 2.28. The van der Waals surface area contributed by atoms with Crippen LogP contribution in [0.1, 0.15) is 31.3 Å². The molecular weight excluding hydrogens is 282 g/mol. The number of ether oxygens (including phenoxy) is 1. The molecule has 0 saturated heterocycles. The van der Waals surface area contributed by atoms with E-state index >= 15 is 0 Å². The van der Waals surface area contributed by atoms with Gasteiger partial charge in [-0.3, -0.25) is 4.79 Å². The molecule has 0 spiro atoms. The molecule has 0 aliphatic carbocycles. The van der Waals surface area contributed by atoms with Gasteiger partial charge in [0.1, 0.15) is 12.3 Å². The second kappa shape index (κ2) is 7.09. The summed E-state index contributed by atoms with van der Waals surface area (Å²) >= 11 is 5.67. The van der Waals surface area contributed by atoms with E-state index in [0.717, 1.165) is 0 Å². The molecular formula is C13H18ClN3O3. The van der Waals surface area contributed by atoms with E-state index in [4.69, 9.17) is 16.3 Å². The van der Waals surface area contributed by atoms with Crippen LogP contribution < -0.4 is 10.6 Å². The number of nitrogens with one attached hydrogen (secondary N) is 2. The van der Waals surface area contributed by atoms with E-state index in [2.05, 4.69) is 15.6 Å². The quantitative estimate of drug-likeness (QED) is 0.833. The molecule has 20 heavy (non-hydrogen) atoms. The van der Waals surface area contributed by atoms with Crippen molar-refractivity contribution in [2.24, 2.45) is 0 Å². The van der Waals surface area contributed by atoms with Gasteiger partial charge in [-0.05, 0) is 32.9 Å². The number of alkyl carbamates (subject to hydrolysis) is 1. The average molecular weight is 300 g/mol. The van der Waals surface area contributed by atoms with Gasteiger partial charge in [-0.2, -0.15) is 0 Å². The molecule has 2 amide bonds.